The van der Waals surface area contributed by atoms with Crippen molar-refractivity contribution in [1.29, 1.82) is 0 Å². The van der Waals surface area contributed by atoms with E-state index in [1.165, 1.54) is 54.2 Å². The summed E-state index contributed by atoms with van der Waals surface area (Å²) in [4.78, 5) is 26.3. The first-order valence-electron chi connectivity index (χ1n) is 9.23. The number of benzene rings is 1. The van der Waals surface area contributed by atoms with Crippen molar-refractivity contribution >= 4 is 29.2 Å². The van der Waals surface area contributed by atoms with E-state index in [2.05, 4.69) is 10.9 Å². The van der Waals surface area contributed by atoms with Crippen molar-refractivity contribution in [2.75, 3.05) is 14.2 Å². The van der Waals surface area contributed by atoms with E-state index in [-0.39, 0.29) is 5.91 Å². The summed E-state index contributed by atoms with van der Waals surface area (Å²) in [6.07, 6.45) is 8.58. The van der Waals surface area contributed by atoms with Gasteiger partial charge < -0.3 is 9.47 Å². The average molecular weight is 401 g/mol. The van der Waals surface area contributed by atoms with E-state index in [1.54, 1.807) is 19.3 Å². The van der Waals surface area contributed by atoms with Gasteiger partial charge in [-0.3, -0.25) is 20.4 Å². The molecule has 1 aliphatic carbocycles. The molecule has 0 radical (unpaired) electrons. The maximum absolute atomic E-state index is 12.3. The second kappa shape index (κ2) is 9.41. The maximum atomic E-state index is 12.3. The van der Waals surface area contributed by atoms with Crippen molar-refractivity contribution in [2.45, 2.75) is 32.1 Å². The van der Waals surface area contributed by atoms with Crippen LogP contribution in [0.1, 0.15) is 44.9 Å². The normalized spacial score (nSPS) is 13.5. The zero-order chi connectivity index (χ0) is 19.9. The van der Waals surface area contributed by atoms with Crippen molar-refractivity contribution in [3.8, 4) is 11.5 Å². The molecule has 0 saturated carbocycles. The van der Waals surface area contributed by atoms with Gasteiger partial charge in [0, 0.05) is 16.5 Å². The number of rotatable bonds is 5. The number of para-hydroxylation sites is 1. The number of nitrogens with one attached hydrogen (secondary N) is 2. The van der Waals surface area contributed by atoms with Crippen LogP contribution in [0.3, 0.4) is 0 Å². The van der Waals surface area contributed by atoms with Crippen molar-refractivity contribution in [3.63, 3.8) is 0 Å². The number of aryl methyl sites for hydroxylation is 2. The van der Waals surface area contributed by atoms with Gasteiger partial charge in [-0.15, -0.1) is 11.3 Å². The first kappa shape index (κ1) is 19.9. The topological polar surface area (TPSA) is 76.7 Å². The third kappa shape index (κ3) is 4.72. The van der Waals surface area contributed by atoms with Crippen LogP contribution in [0.15, 0.2) is 30.3 Å². The molecule has 0 aliphatic heterocycles. The van der Waals surface area contributed by atoms with E-state index in [0.29, 0.717) is 21.9 Å². The number of hydrazine groups is 1. The Kier molecular flexibility index (Phi) is 6.71. The molecule has 0 saturated heterocycles. The average Bonchev–Trinajstić information content (AvgIpc) is 3.00. The van der Waals surface area contributed by atoms with Gasteiger partial charge in [-0.25, -0.2) is 0 Å². The highest BCUT2D eigenvalue weighted by atomic mass is 32.1. The van der Waals surface area contributed by atoms with Crippen LogP contribution < -0.4 is 20.3 Å². The fourth-order valence-corrected chi connectivity index (χ4v) is 4.36. The molecule has 28 heavy (non-hydrogen) atoms. The van der Waals surface area contributed by atoms with Gasteiger partial charge in [0.05, 0.1) is 19.1 Å². The summed E-state index contributed by atoms with van der Waals surface area (Å²) in [5, 5.41) is 0. The smallest absolute Gasteiger partial charge is 0.279 e. The molecule has 1 aromatic carbocycles. The minimum absolute atomic E-state index is 0.293. The number of hydrogen-bond donors (Lipinski definition) is 2. The molecule has 2 aromatic rings. The van der Waals surface area contributed by atoms with Gasteiger partial charge >= 0.3 is 0 Å². The van der Waals surface area contributed by atoms with Crippen LogP contribution in [0.5, 0.6) is 11.5 Å². The summed E-state index contributed by atoms with van der Waals surface area (Å²) in [5.41, 5.74) is 6.86. The third-order valence-electron chi connectivity index (χ3n) is 4.62. The van der Waals surface area contributed by atoms with Crippen LogP contribution in [0.25, 0.3) is 6.08 Å². The minimum atomic E-state index is -0.434. The van der Waals surface area contributed by atoms with Crippen molar-refractivity contribution < 1.29 is 19.1 Å². The molecule has 148 valence electrons. The summed E-state index contributed by atoms with van der Waals surface area (Å²) < 4.78 is 10.6. The van der Waals surface area contributed by atoms with Gasteiger partial charge in [-0.05, 0) is 49.5 Å². The molecule has 2 amide bonds. The lowest BCUT2D eigenvalue weighted by molar-refractivity contribution is -0.117. The first-order valence-corrected chi connectivity index (χ1v) is 10.0. The lowest BCUT2D eigenvalue weighted by atomic mass is 10.1. The van der Waals surface area contributed by atoms with Crippen molar-refractivity contribution in [2.24, 2.45) is 0 Å². The van der Waals surface area contributed by atoms with Gasteiger partial charge in [-0.2, -0.15) is 0 Å². The number of methoxy groups -OCH3 is 2. The molecule has 0 atom stereocenters. The Hall–Kier alpha value is -2.80. The van der Waals surface area contributed by atoms with Crippen LogP contribution in [0.2, 0.25) is 0 Å². The molecule has 1 aromatic heterocycles. The Morgan fingerprint density at radius 1 is 1.07 bits per heavy atom. The minimum Gasteiger partial charge on any atom is -0.493 e. The van der Waals surface area contributed by atoms with Crippen molar-refractivity contribution in [3.05, 3.63) is 51.2 Å². The highest BCUT2D eigenvalue weighted by molar-refractivity contribution is 7.14. The standard InChI is InChI=1S/C21H24N2O4S/c1-26-16-9-6-8-14(20(16)27-2)11-12-19(24)22-23-21(25)18-13-15-7-4-3-5-10-17(15)28-18/h6,8-9,11-13H,3-5,7,10H2,1-2H3,(H,22,24)(H,23,25)/b12-11+. The number of carbonyl (C=O) groups is 2. The first-order chi connectivity index (χ1) is 13.6. The number of thiophene rings is 1. The molecular weight excluding hydrogens is 376 g/mol. The molecule has 1 heterocycles. The molecule has 3 rings (SSSR count). The Bertz CT molecular complexity index is 865. The van der Waals surface area contributed by atoms with E-state index in [4.69, 9.17) is 9.47 Å². The van der Waals surface area contributed by atoms with E-state index in [0.717, 1.165) is 12.8 Å². The highest BCUT2D eigenvalue weighted by Gasteiger charge is 2.16. The Morgan fingerprint density at radius 3 is 2.68 bits per heavy atom. The molecule has 6 nitrogen and oxygen atoms in total. The molecule has 7 heteroatoms. The Morgan fingerprint density at radius 2 is 1.89 bits per heavy atom. The Balaban J connectivity index is 1.59. The van der Waals surface area contributed by atoms with Crippen LogP contribution in [-0.4, -0.2) is 26.0 Å². The molecule has 0 bridgehead atoms. The van der Waals surface area contributed by atoms with Gasteiger partial charge in [0.25, 0.3) is 11.8 Å². The number of fused-ring (bicyclic) bond motifs is 1. The second-order valence-corrected chi connectivity index (χ2v) is 7.62. The highest BCUT2D eigenvalue weighted by Crippen LogP contribution is 2.31. The zero-order valence-corrected chi connectivity index (χ0v) is 16.9. The summed E-state index contributed by atoms with van der Waals surface area (Å²) >= 11 is 1.52. The summed E-state index contributed by atoms with van der Waals surface area (Å²) in [5.74, 6) is 0.393. The van der Waals surface area contributed by atoms with Gasteiger partial charge in [-0.1, -0.05) is 18.6 Å². The zero-order valence-electron chi connectivity index (χ0n) is 16.0. The monoisotopic (exact) mass is 400 g/mol. The quantitative estimate of drug-likeness (QED) is 0.457. The summed E-state index contributed by atoms with van der Waals surface area (Å²) in [7, 11) is 3.09. The maximum Gasteiger partial charge on any atom is 0.279 e. The Labute approximate surface area is 168 Å². The van der Waals surface area contributed by atoms with Crippen LogP contribution in [0, 0.1) is 0 Å². The van der Waals surface area contributed by atoms with E-state index < -0.39 is 5.91 Å². The predicted octanol–water partition coefficient (Wildman–Crippen LogP) is 3.51. The van der Waals surface area contributed by atoms with E-state index in [1.807, 2.05) is 18.2 Å². The summed E-state index contributed by atoms with van der Waals surface area (Å²) in [6.45, 7) is 0. The lowest BCUT2D eigenvalue weighted by Crippen LogP contribution is -2.40. The van der Waals surface area contributed by atoms with Crippen molar-refractivity contribution in [1.82, 2.24) is 10.9 Å². The van der Waals surface area contributed by atoms with Crippen LogP contribution in [-0.2, 0) is 17.6 Å². The van der Waals surface area contributed by atoms with Gasteiger partial charge in [0.1, 0.15) is 0 Å². The molecule has 2 N–H and O–H groups in total. The molecule has 0 fully saturated rings. The van der Waals surface area contributed by atoms with E-state index in [9.17, 15) is 9.59 Å². The number of amides is 2. The lowest BCUT2D eigenvalue weighted by Gasteiger charge is -2.09. The molecule has 1 aliphatic rings. The number of hydrogen-bond acceptors (Lipinski definition) is 5. The van der Waals surface area contributed by atoms with Crippen LogP contribution >= 0.6 is 11.3 Å². The fraction of sp³-hybridized carbons (Fsp3) is 0.333. The predicted molar refractivity (Wildman–Crippen MR) is 110 cm³/mol. The number of carbonyl (C=O) groups excluding carboxylic acids is 2. The van der Waals surface area contributed by atoms with Gasteiger partial charge in [0.2, 0.25) is 0 Å². The van der Waals surface area contributed by atoms with Gasteiger partial charge in [0.15, 0.2) is 11.5 Å². The SMILES string of the molecule is COc1cccc(/C=C/C(=O)NNC(=O)c2cc3c(s2)CCCCC3)c1OC. The van der Waals surface area contributed by atoms with Crippen LogP contribution in [0.4, 0.5) is 0 Å². The van der Waals surface area contributed by atoms with E-state index >= 15 is 0 Å². The number of ether oxygens (including phenoxy) is 2. The largest absolute Gasteiger partial charge is 0.493 e. The summed E-state index contributed by atoms with van der Waals surface area (Å²) in [6, 6.07) is 7.34. The third-order valence-corrected chi connectivity index (χ3v) is 5.85. The fourth-order valence-electron chi connectivity index (χ4n) is 3.21. The second-order valence-electron chi connectivity index (χ2n) is 6.48. The molecule has 0 unspecified atom stereocenters. The molecular formula is C21H24N2O4S. The molecule has 0 spiro atoms.